The Labute approximate surface area is 117 Å². The molecule has 1 aromatic rings. The molecular formula is C18H27N. The molecule has 0 spiro atoms. The molecule has 2 aliphatic rings. The van der Waals surface area contributed by atoms with Crippen molar-refractivity contribution < 1.29 is 0 Å². The van der Waals surface area contributed by atoms with E-state index in [9.17, 15) is 0 Å². The minimum atomic E-state index is 0.720. The van der Waals surface area contributed by atoms with Gasteiger partial charge in [0.1, 0.15) is 0 Å². The number of hydrogen-bond acceptors (Lipinski definition) is 1. The molecule has 0 radical (unpaired) electrons. The highest BCUT2D eigenvalue weighted by atomic mass is 14.9. The van der Waals surface area contributed by atoms with Gasteiger partial charge in [0.25, 0.3) is 0 Å². The minimum absolute atomic E-state index is 0.720. The van der Waals surface area contributed by atoms with Crippen molar-refractivity contribution in [2.45, 2.75) is 63.8 Å². The predicted octanol–water partition coefficient (Wildman–Crippen LogP) is 4.27. The summed E-state index contributed by atoms with van der Waals surface area (Å²) in [7, 11) is 0. The van der Waals surface area contributed by atoms with E-state index in [-0.39, 0.29) is 0 Å². The molecule has 3 rings (SSSR count). The van der Waals surface area contributed by atoms with Crippen LogP contribution in [-0.2, 0) is 6.42 Å². The Morgan fingerprint density at radius 1 is 1.21 bits per heavy atom. The molecule has 1 heteroatoms. The fraction of sp³-hybridized carbons (Fsp3) is 0.667. The zero-order valence-corrected chi connectivity index (χ0v) is 12.2. The molecule has 0 aliphatic heterocycles. The van der Waals surface area contributed by atoms with E-state index in [4.69, 9.17) is 0 Å². The summed E-state index contributed by atoms with van der Waals surface area (Å²) in [5.41, 5.74) is 3.20. The molecule has 1 saturated carbocycles. The standard InChI is InChI=1S/C18H27N/c1-2-11-19-18(12-14-7-3-4-8-14)17-13-15-9-5-6-10-16(15)17/h5-6,9-10,14,17-19H,2-4,7-8,11-13H2,1H3. The zero-order chi connectivity index (χ0) is 13.1. The van der Waals surface area contributed by atoms with E-state index in [0.717, 1.165) is 17.9 Å². The van der Waals surface area contributed by atoms with Crippen molar-refractivity contribution in [1.29, 1.82) is 0 Å². The van der Waals surface area contributed by atoms with Crippen molar-refractivity contribution in [3.63, 3.8) is 0 Å². The van der Waals surface area contributed by atoms with E-state index in [1.54, 1.807) is 11.1 Å². The fourth-order valence-corrected chi connectivity index (χ4v) is 3.98. The molecule has 19 heavy (non-hydrogen) atoms. The number of nitrogens with one attached hydrogen (secondary N) is 1. The lowest BCUT2D eigenvalue weighted by Crippen LogP contribution is -2.41. The van der Waals surface area contributed by atoms with Gasteiger partial charge in [-0.25, -0.2) is 0 Å². The quantitative estimate of drug-likeness (QED) is 0.802. The summed E-state index contributed by atoms with van der Waals surface area (Å²) >= 11 is 0. The van der Waals surface area contributed by atoms with Crippen LogP contribution in [0.25, 0.3) is 0 Å². The Morgan fingerprint density at radius 2 is 2.00 bits per heavy atom. The number of rotatable bonds is 6. The third-order valence-electron chi connectivity index (χ3n) is 5.10. The molecule has 2 aliphatic carbocycles. The summed E-state index contributed by atoms with van der Waals surface area (Å²) in [6.07, 6.45) is 9.81. The van der Waals surface area contributed by atoms with Crippen LogP contribution >= 0.6 is 0 Å². The summed E-state index contributed by atoms with van der Waals surface area (Å²) in [6.45, 7) is 3.45. The summed E-state index contributed by atoms with van der Waals surface area (Å²) in [6, 6.07) is 9.76. The highest BCUT2D eigenvalue weighted by molar-refractivity contribution is 5.41. The van der Waals surface area contributed by atoms with Crippen LogP contribution in [0.3, 0.4) is 0 Å². The lowest BCUT2D eigenvalue weighted by molar-refractivity contribution is 0.324. The summed E-state index contributed by atoms with van der Waals surface area (Å²) in [5.74, 6) is 1.77. The van der Waals surface area contributed by atoms with E-state index in [2.05, 4.69) is 36.5 Å². The van der Waals surface area contributed by atoms with Crippen molar-refractivity contribution in [3.05, 3.63) is 35.4 Å². The monoisotopic (exact) mass is 257 g/mol. The molecule has 104 valence electrons. The first kappa shape index (κ1) is 13.2. The van der Waals surface area contributed by atoms with E-state index < -0.39 is 0 Å². The van der Waals surface area contributed by atoms with Gasteiger partial charge in [-0.3, -0.25) is 0 Å². The third-order valence-corrected chi connectivity index (χ3v) is 5.10. The summed E-state index contributed by atoms with van der Waals surface area (Å²) in [4.78, 5) is 0. The minimum Gasteiger partial charge on any atom is -0.313 e. The van der Waals surface area contributed by atoms with Gasteiger partial charge >= 0.3 is 0 Å². The molecule has 1 fully saturated rings. The van der Waals surface area contributed by atoms with Crippen LogP contribution < -0.4 is 5.32 Å². The van der Waals surface area contributed by atoms with Crippen molar-refractivity contribution in [1.82, 2.24) is 5.32 Å². The van der Waals surface area contributed by atoms with Gasteiger partial charge in [-0.15, -0.1) is 0 Å². The number of benzene rings is 1. The second-order valence-corrected chi connectivity index (χ2v) is 6.46. The molecule has 0 heterocycles. The van der Waals surface area contributed by atoms with E-state index in [0.29, 0.717) is 0 Å². The summed E-state index contributed by atoms with van der Waals surface area (Å²) in [5, 5.41) is 3.84. The maximum Gasteiger partial charge on any atom is 0.0142 e. The molecule has 0 aromatic heterocycles. The Balaban J connectivity index is 1.66. The number of fused-ring (bicyclic) bond motifs is 1. The van der Waals surface area contributed by atoms with Gasteiger partial charge in [-0.2, -0.15) is 0 Å². The van der Waals surface area contributed by atoms with Gasteiger partial charge in [0, 0.05) is 12.0 Å². The van der Waals surface area contributed by atoms with Gasteiger partial charge < -0.3 is 5.32 Å². The van der Waals surface area contributed by atoms with E-state index in [1.165, 1.54) is 51.5 Å². The topological polar surface area (TPSA) is 12.0 Å². The van der Waals surface area contributed by atoms with Gasteiger partial charge in [0.05, 0.1) is 0 Å². The third kappa shape index (κ3) is 2.86. The van der Waals surface area contributed by atoms with Crippen LogP contribution in [0, 0.1) is 5.92 Å². The van der Waals surface area contributed by atoms with Crippen molar-refractivity contribution >= 4 is 0 Å². The van der Waals surface area contributed by atoms with Crippen LogP contribution in [0.5, 0.6) is 0 Å². The molecule has 0 saturated heterocycles. The van der Waals surface area contributed by atoms with Gasteiger partial charge in [0.15, 0.2) is 0 Å². The molecule has 1 nitrogen and oxygen atoms in total. The van der Waals surface area contributed by atoms with Gasteiger partial charge in [-0.1, -0.05) is 56.9 Å². The van der Waals surface area contributed by atoms with E-state index >= 15 is 0 Å². The fourth-order valence-electron chi connectivity index (χ4n) is 3.98. The smallest absolute Gasteiger partial charge is 0.0142 e. The van der Waals surface area contributed by atoms with Crippen LogP contribution in [0.1, 0.15) is 62.5 Å². The Kier molecular flexibility index (Phi) is 4.22. The van der Waals surface area contributed by atoms with Crippen LogP contribution in [0.15, 0.2) is 24.3 Å². The van der Waals surface area contributed by atoms with Crippen molar-refractivity contribution in [3.8, 4) is 0 Å². The first-order valence-electron chi connectivity index (χ1n) is 8.19. The van der Waals surface area contributed by atoms with Gasteiger partial charge in [0.2, 0.25) is 0 Å². The first-order chi connectivity index (χ1) is 9.38. The molecule has 2 unspecified atom stereocenters. The van der Waals surface area contributed by atoms with Crippen molar-refractivity contribution in [2.75, 3.05) is 6.54 Å². The summed E-state index contributed by atoms with van der Waals surface area (Å²) < 4.78 is 0. The molecule has 2 atom stereocenters. The second-order valence-electron chi connectivity index (χ2n) is 6.46. The Hall–Kier alpha value is -0.820. The van der Waals surface area contributed by atoms with E-state index in [1.807, 2.05) is 0 Å². The normalized spacial score (nSPS) is 23.9. The van der Waals surface area contributed by atoms with Crippen molar-refractivity contribution in [2.24, 2.45) is 5.92 Å². The molecule has 0 amide bonds. The maximum absolute atomic E-state index is 3.84. The van der Waals surface area contributed by atoms with Crippen LogP contribution in [0.4, 0.5) is 0 Å². The predicted molar refractivity (Wildman–Crippen MR) is 81.5 cm³/mol. The van der Waals surface area contributed by atoms with Crippen LogP contribution in [-0.4, -0.2) is 12.6 Å². The highest BCUT2D eigenvalue weighted by Gasteiger charge is 2.34. The Bertz CT molecular complexity index is 406. The Morgan fingerprint density at radius 3 is 2.74 bits per heavy atom. The zero-order valence-electron chi connectivity index (χ0n) is 12.2. The largest absolute Gasteiger partial charge is 0.313 e. The molecule has 1 N–H and O–H groups in total. The van der Waals surface area contributed by atoms with Gasteiger partial charge in [-0.05, 0) is 42.9 Å². The maximum atomic E-state index is 3.84. The molecular weight excluding hydrogens is 230 g/mol. The number of hydrogen-bond donors (Lipinski definition) is 1. The molecule has 0 bridgehead atoms. The molecule has 1 aromatic carbocycles. The average Bonchev–Trinajstić information content (AvgIpc) is 2.90. The SMILES string of the molecule is CCCNC(CC1CCCC1)C1Cc2ccccc21. The lowest BCUT2D eigenvalue weighted by Gasteiger charge is -2.38. The second kappa shape index (κ2) is 6.09. The average molecular weight is 257 g/mol. The lowest BCUT2D eigenvalue weighted by atomic mass is 9.71. The van der Waals surface area contributed by atoms with Crippen LogP contribution in [0.2, 0.25) is 0 Å². The highest BCUT2D eigenvalue weighted by Crippen LogP contribution is 2.41. The first-order valence-corrected chi connectivity index (χ1v) is 8.19.